The molecule has 0 unspecified atom stereocenters. The van der Waals surface area contributed by atoms with E-state index in [4.69, 9.17) is 4.74 Å². The lowest BCUT2D eigenvalue weighted by atomic mass is 9.83. The van der Waals surface area contributed by atoms with E-state index in [0.29, 0.717) is 13.0 Å². The van der Waals surface area contributed by atoms with Crippen LogP contribution in [0, 0.1) is 5.92 Å². The average Bonchev–Trinajstić information content (AvgIpc) is 2.36. The standard InChI is InChI=1S/C13H16FNO2/c14-12-7-6-11(12)8-15-13(16)17-9-10-4-2-1-3-5-10/h1-5,11-12H,6-9H2,(H,15,16)/t11-,12-/m1/s1. The van der Waals surface area contributed by atoms with E-state index in [1.165, 1.54) is 0 Å². The molecule has 0 radical (unpaired) electrons. The number of hydrogen-bond acceptors (Lipinski definition) is 2. The zero-order valence-electron chi connectivity index (χ0n) is 9.56. The number of rotatable bonds is 4. The number of amides is 1. The molecule has 0 spiro atoms. The van der Waals surface area contributed by atoms with Crippen molar-refractivity contribution in [1.82, 2.24) is 5.32 Å². The van der Waals surface area contributed by atoms with Crippen molar-refractivity contribution in [2.45, 2.75) is 25.6 Å². The Morgan fingerprint density at radius 3 is 2.71 bits per heavy atom. The molecule has 1 aliphatic rings. The number of carbonyl (C=O) groups excluding carboxylic acids is 1. The molecule has 2 atom stereocenters. The van der Waals surface area contributed by atoms with Gasteiger partial charge in [-0.05, 0) is 18.4 Å². The fraction of sp³-hybridized carbons (Fsp3) is 0.462. The Balaban J connectivity index is 1.64. The predicted molar refractivity (Wildman–Crippen MR) is 62.2 cm³/mol. The van der Waals surface area contributed by atoms with Crippen LogP contribution in [0.2, 0.25) is 0 Å². The molecule has 3 nitrogen and oxygen atoms in total. The summed E-state index contributed by atoms with van der Waals surface area (Å²) < 4.78 is 17.9. The summed E-state index contributed by atoms with van der Waals surface area (Å²) in [7, 11) is 0. The van der Waals surface area contributed by atoms with Crippen LogP contribution in [-0.2, 0) is 11.3 Å². The number of alkyl halides is 1. The van der Waals surface area contributed by atoms with Crippen molar-refractivity contribution in [1.29, 1.82) is 0 Å². The van der Waals surface area contributed by atoms with E-state index in [9.17, 15) is 9.18 Å². The van der Waals surface area contributed by atoms with E-state index >= 15 is 0 Å². The number of benzene rings is 1. The summed E-state index contributed by atoms with van der Waals surface area (Å²) in [5.74, 6) is -0.0284. The summed E-state index contributed by atoms with van der Waals surface area (Å²) in [5.41, 5.74) is 0.940. The van der Waals surface area contributed by atoms with Crippen molar-refractivity contribution in [3.63, 3.8) is 0 Å². The first-order valence-corrected chi connectivity index (χ1v) is 5.84. The third-order valence-electron chi connectivity index (χ3n) is 3.05. The lowest BCUT2D eigenvalue weighted by Gasteiger charge is -2.30. The van der Waals surface area contributed by atoms with Gasteiger partial charge in [0.25, 0.3) is 0 Å². The molecule has 92 valence electrons. The molecule has 0 saturated heterocycles. The molecule has 0 heterocycles. The molecule has 1 aliphatic carbocycles. The highest BCUT2D eigenvalue weighted by atomic mass is 19.1. The van der Waals surface area contributed by atoms with E-state index in [2.05, 4.69) is 5.32 Å². The molecule has 0 bridgehead atoms. The molecule has 4 heteroatoms. The molecule has 1 fully saturated rings. The third-order valence-corrected chi connectivity index (χ3v) is 3.05. The summed E-state index contributed by atoms with van der Waals surface area (Å²) in [4.78, 5) is 11.3. The number of carbonyl (C=O) groups is 1. The molecular weight excluding hydrogens is 221 g/mol. The second-order valence-corrected chi connectivity index (χ2v) is 4.30. The van der Waals surface area contributed by atoms with E-state index < -0.39 is 12.3 Å². The molecular formula is C13H16FNO2. The van der Waals surface area contributed by atoms with Crippen LogP contribution >= 0.6 is 0 Å². The zero-order chi connectivity index (χ0) is 12.1. The van der Waals surface area contributed by atoms with E-state index in [-0.39, 0.29) is 12.5 Å². The van der Waals surface area contributed by atoms with Crippen LogP contribution in [0.15, 0.2) is 30.3 Å². The van der Waals surface area contributed by atoms with Gasteiger partial charge in [-0.3, -0.25) is 0 Å². The second kappa shape index (κ2) is 5.66. The average molecular weight is 237 g/mol. The van der Waals surface area contributed by atoms with Crippen molar-refractivity contribution in [2.24, 2.45) is 5.92 Å². The first kappa shape index (κ1) is 11.9. The second-order valence-electron chi connectivity index (χ2n) is 4.30. The molecule has 1 aromatic carbocycles. The van der Waals surface area contributed by atoms with Crippen molar-refractivity contribution in [3.8, 4) is 0 Å². The Labute approximate surface area is 100.0 Å². The van der Waals surface area contributed by atoms with Crippen molar-refractivity contribution in [3.05, 3.63) is 35.9 Å². The fourth-order valence-electron chi connectivity index (χ4n) is 1.75. The highest BCUT2D eigenvalue weighted by Gasteiger charge is 2.30. The van der Waals surface area contributed by atoms with Gasteiger partial charge >= 0.3 is 6.09 Å². The summed E-state index contributed by atoms with van der Waals surface area (Å²) in [6, 6.07) is 9.45. The summed E-state index contributed by atoms with van der Waals surface area (Å²) in [6.07, 6.45) is 0.225. The summed E-state index contributed by atoms with van der Waals surface area (Å²) in [6.45, 7) is 0.616. The van der Waals surface area contributed by atoms with Crippen molar-refractivity contribution >= 4 is 6.09 Å². The molecule has 1 amide bonds. The van der Waals surface area contributed by atoms with Gasteiger partial charge in [0.15, 0.2) is 0 Å². The van der Waals surface area contributed by atoms with Gasteiger partial charge in [0.05, 0.1) is 0 Å². The third kappa shape index (κ3) is 3.44. The van der Waals surface area contributed by atoms with Crippen LogP contribution in [0.4, 0.5) is 9.18 Å². The Morgan fingerprint density at radius 1 is 1.35 bits per heavy atom. The van der Waals surface area contributed by atoms with Gasteiger partial charge in [0.1, 0.15) is 12.8 Å². The molecule has 1 aromatic rings. The van der Waals surface area contributed by atoms with Gasteiger partial charge in [-0.25, -0.2) is 9.18 Å². The number of alkyl carbamates (subject to hydrolysis) is 1. The van der Waals surface area contributed by atoms with Gasteiger partial charge < -0.3 is 10.1 Å². The van der Waals surface area contributed by atoms with Gasteiger partial charge in [0.2, 0.25) is 0 Å². The molecule has 2 rings (SSSR count). The summed E-state index contributed by atoms with van der Waals surface area (Å²) >= 11 is 0. The number of ether oxygens (including phenoxy) is 1. The topological polar surface area (TPSA) is 38.3 Å². The minimum Gasteiger partial charge on any atom is -0.445 e. The van der Waals surface area contributed by atoms with Gasteiger partial charge in [-0.1, -0.05) is 30.3 Å². The molecule has 0 aliphatic heterocycles. The van der Waals surface area contributed by atoms with Crippen LogP contribution < -0.4 is 5.32 Å². The molecule has 17 heavy (non-hydrogen) atoms. The lowest BCUT2D eigenvalue weighted by molar-refractivity contribution is 0.101. The van der Waals surface area contributed by atoms with E-state index in [0.717, 1.165) is 12.0 Å². The minimum absolute atomic E-state index is 0.0284. The van der Waals surface area contributed by atoms with Crippen LogP contribution in [0.1, 0.15) is 18.4 Å². The van der Waals surface area contributed by atoms with Gasteiger partial charge in [-0.2, -0.15) is 0 Å². The number of halogens is 1. The molecule has 1 saturated carbocycles. The van der Waals surface area contributed by atoms with Crippen molar-refractivity contribution in [2.75, 3.05) is 6.54 Å². The molecule has 1 N–H and O–H groups in total. The normalized spacial score (nSPS) is 22.6. The quantitative estimate of drug-likeness (QED) is 0.874. The highest BCUT2D eigenvalue weighted by molar-refractivity contribution is 5.67. The Morgan fingerprint density at radius 2 is 2.12 bits per heavy atom. The largest absolute Gasteiger partial charge is 0.445 e. The molecule has 0 aromatic heterocycles. The van der Waals surface area contributed by atoms with Gasteiger partial charge in [-0.15, -0.1) is 0 Å². The Bertz CT molecular complexity index is 369. The maximum atomic E-state index is 12.9. The fourth-order valence-corrected chi connectivity index (χ4v) is 1.75. The van der Waals surface area contributed by atoms with E-state index in [1.54, 1.807) is 0 Å². The number of hydrogen-bond donors (Lipinski definition) is 1. The minimum atomic E-state index is -0.760. The van der Waals surface area contributed by atoms with Crippen LogP contribution in [0.3, 0.4) is 0 Å². The van der Waals surface area contributed by atoms with E-state index in [1.807, 2.05) is 30.3 Å². The maximum Gasteiger partial charge on any atom is 0.407 e. The monoisotopic (exact) mass is 237 g/mol. The predicted octanol–water partition coefficient (Wildman–Crippen LogP) is 2.66. The smallest absolute Gasteiger partial charge is 0.407 e. The first-order valence-electron chi connectivity index (χ1n) is 5.84. The first-order chi connectivity index (χ1) is 8.25. The zero-order valence-corrected chi connectivity index (χ0v) is 9.56. The number of nitrogens with one attached hydrogen (secondary N) is 1. The van der Waals surface area contributed by atoms with Gasteiger partial charge in [0, 0.05) is 12.5 Å². The lowest BCUT2D eigenvalue weighted by Crippen LogP contribution is -2.39. The van der Waals surface area contributed by atoms with Crippen molar-refractivity contribution < 1.29 is 13.9 Å². The Hall–Kier alpha value is -1.58. The highest BCUT2D eigenvalue weighted by Crippen LogP contribution is 2.29. The SMILES string of the molecule is O=C(NC[C@H]1CC[C@H]1F)OCc1ccccc1. The van der Waals surface area contributed by atoms with Crippen LogP contribution in [-0.4, -0.2) is 18.8 Å². The Kier molecular flexibility index (Phi) is 3.96. The van der Waals surface area contributed by atoms with Crippen LogP contribution in [0.5, 0.6) is 0 Å². The van der Waals surface area contributed by atoms with Crippen LogP contribution in [0.25, 0.3) is 0 Å². The summed E-state index contributed by atoms with van der Waals surface area (Å²) in [5, 5.41) is 2.58. The maximum absolute atomic E-state index is 12.9.